The Morgan fingerprint density at radius 1 is 1.21 bits per heavy atom. The Balaban J connectivity index is 0.00000306. The fraction of sp³-hybridized carbons (Fsp3) is 0.478. The number of guanidine groups is 1. The summed E-state index contributed by atoms with van der Waals surface area (Å²) >= 11 is 0. The van der Waals surface area contributed by atoms with Crippen LogP contribution in [0.3, 0.4) is 0 Å². The first-order valence-electron chi connectivity index (χ1n) is 11.2. The molecule has 9 nitrogen and oxygen atoms in total. The topological polar surface area (TPSA) is 92.1 Å². The molecule has 1 aromatic carbocycles. The van der Waals surface area contributed by atoms with Crippen LogP contribution in [-0.4, -0.2) is 76.7 Å². The quantitative estimate of drug-likeness (QED) is 0.182. The van der Waals surface area contributed by atoms with Crippen LogP contribution in [0.15, 0.2) is 41.7 Å². The van der Waals surface area contributed by atoms with Crippen molar-refractivity contribution in [1.29, 1.82) is 0 Å². The molecule has 0 saturated carbocycles. The van der Waals surface area contributed by atoms with Crippen LogP contribution in [0, 0.1) is 0 Å². The highest BCUT2D eigenvalue weighted by molar-refractivity contribution is 14.0. The summed E-state index contributed by atoms with van der Waals surface area (Å²) in [6, 6.07) is 7.00. The number of nitrogens with zero attached hydrogens (tertiary/aromatic N) is 5. The normalized spacial score (nSPS) is 18.4. The maximum absolute atomic E-state index is 12.5. The van der Waals surface area contributed by atoms with Crippen molar-refractivity contribution < 1.29 is 14.3 Å². The predicted octanol–water partition coefficient (Wildman–Crippen LogP) is 2.45. The van der Waals surface area contributed by atoms with Crippen LogP contribution in [-0.2, 0) is 11.8 Å². The van der Waals surface area contributed by atoms with Crippen molar-refractivity contribution >= 4 is 41.8 Å². The largest absolute Gasteiger partial charge is 0.370 e. The van der Waals surface area contributed by atoms with Crippen molar-refractivity contribution in [1.82, 2.24) is 24.9 Å². The Hall–Kier alpha value is -2.47. The molecule has 4 rings (SSSR count). The summed E-state index contributed by atoms with van der Waals surface area (Å²) in [5.74, 6) is 0.472. The molecular formula is C23H31IN6O3. The number of aryl methyl sites for hydroxylation is 1. The molecule has 1 N–H and O–H groups in total. The van der Waals surface area contributed by atoms with Crippen molar-refractivity contribution in [2.75, 3.05) is 39.3 Å². The number of nitrogens with one attached hydrogen (secondary N) is 1. The fourth-order valence-electron chi connectivity index (χ4n) is 4.08. The molecule has 1 aromatic heterocycles. The van der Waals surface area contributed by atoms with Crippen molar-refractivity contribution in [3.05, 3.63) is 53.3 Å². The summed E-state index contributed by atoms with van der Waals surface area (Å²) in [6.45, 7) is 5.99. The number of benzene rings is 1. The number of aromatic nitrogens is 2. The number of carbonyl (C=O) groups is 2. The van der Waals surface area contributed by atoms with Gasteiger partial charge in [0.05, 0.1) is 30.5 Å². The highest BCUT2D eigenvalue weighted by Crippen LogP contribution is 2.23. The van der Waals surface area contributed by atoms with Gasteiger partial charge in [-0.05, 0) is 31.9 Å². The number of hydrogen-bond donors (Lipinski definition) is 1. The zero-order valence-electron chi connectivity index (χ0n) is 19.1. The lowest BCUT2D eigenvalue weighted by atomic mass is 10.1. The van der Waals surface area contributed by atoms with E-state index in [1.807, 2.05) is 19.4 Å². The van der Waals surface area contributed by atoms with Crippen LogP contribution in [0.4, 0.5) is 0 Å². The molecule has 2 aromatic rings. The van der Waals surface area contributed by atoms with Gasteiger partial charge in [-0.2, -0.15) is 5.10 Å². The van der Waals surface area contributed by atoms with Crippen LogP contribution in [0.25, 0.3) is 0 Å². The van der Waals surface area contributed by atoms with Gasteiger partial charge >= 0.3 is 0 Å². The van der Waals surface area contributed by atoms with Gasteiger partial charge < -0.3 is 15.0 Å². The third-order valence-electron chi connectivity index (χ3n) is 5.73. The molecular weight excluding hydrogens is 535 g/mol. The molecule has 1 saturated heterocycles. The number of ether oxygens (including phenoxy) is 1. The lowest BCUT2D eigenvalue weighted by Crippen LogP contribution is -2.48. The monoisotopic (exact) mass is 566 g/mol. The lowest BCUT2D eigenvalue weighted by molar-refractivity contribution is -0.00804. The third-order valence-corrected chi connectivity index (χ3v) is 5.73. The van der Waals surface area contributed by atoms with Gasteiger partial charge in [-0.1, -0.05) is 12.1 Å². The second-order valence-electron chi connectivity index (χ2n) is 8.00. The molecule has 0 radical (unpaired) electrons. The number of carbonyl (C=O) groups excluding carboxylic acids is 2. The summed E-state index contributed by atoms with van der Waals surface area (Å²) in [5.41, 5.74) is 2.06. The third kappa shape index (κ3) is 5.72. The minimum atomic E-state index is -0.197. The molecule has 0 spiro atoms. The molecule has 1 atom stereocenters. The van der Waals surface area contributed by atoms with Crippen molar-refractivity contribution in [2.45, 2.75) is 25.9 Å². The molecule has 0 aliphatic carbocycles. The maximum Gasteiger partial charge on any atom is 0.261 e. The average molecular weight is 566 g/mol. The first kappa shape index (κ1) is 25.2. The molecule has 1 unspecified atom stereocenters. The van der Waals surface area contributed by atoms with E-state index in [9.17, 15) is 9.59 Å². The lowest BCUT2D eigenvalue weighted by Gasteiger charge is -2.34. The molecule has 33 heavy (non-hydrogen) atoms. The van der Waals surface area contributed by atoms with Crippen molar-refractivity contribution in [3.8, 4) is 0 Å². The molecule has 3 heterocycles. The van der Waals surface area contributed by atoms with Crippen LogP contribution in [0.2, 0.25) is 0 Å². The molecule has 2 amide bonds. The number of aliphatic imine (C=N–C) groups is 1. The highest BCUT2D eigenvalue weighted by atomic mass is 127. The van der Waals surface area contributed by atoms with E-state index in [0.717, 1.165) is 37.5 Å². The van der Waals surface area contributed by atoms with E-state index in [0.29, 0.717) is 37.4 Å². The number of halogens is 1. The second kappa shape index (κ2) is 11.6. The minimum Gasteiger partial charge on any atom is -0.370 e. The summed E-state index contributed by atoms with van der Waals surface area (Å²) < 4.78 is 7.72. The summed E-state index contributed by atoms with van der Waals surface area (Å²) in [7, 11) is 1.90. The van der Waals surface area contributed by atoms with Gasteiger partial charge in [0.2, 0.25) is 0 Å². The van der Waals surface area contributed by atoms with Gasteiger partial charge in [0, 0.05) is 45.0 Å². The smallest absolute Gasteiger partial charge is 0.261 e. The van der Waals surface area contributed by atoms with Gasteiger partial charge in [-0.15, -0.1) is 24.0 Å². The van der Waals surface area contributed by atoms with E-state index in [-0.39, 0.29) is 41.9 Å². The SMILES string of the molecule is CCNC(=NCCCCN1C(=O)c2ccccc2C1=O)N1CCOC(c2cnn(C)c2)C1.I. The zero-order chi connectivity index (χ0) is 22.5. The minimum absolute atomic E-state index is 0. The van der Waals surface area contributed by atoms with Gasteiger partial charge in [-0.25, -0.2) is 0 Å². The van der Waals surface area contributed by atoms with E-state index in [1.54, 1.807) is 28.9 Å². The van der Waals surface area contributed by atoms with Crippen LogP contribution >= 0.6 is 24.0 Å². The molecule has 2 aliphatic rings. The predicted molar refractivity (Wildman–Crippen MR) is 136 cm³/mol. The number of hydrogen-bond acceptors (Lipinski definition) is 5. The van der Waals surface area contributed by atoms with Crippen LogP contribution < -0.4 is 5.32 Å². The van der Waals surface area contributed by atoms with Crippen molar-refractivity contribution in [2.24, 2.45) is 12.0 Å². The molecule has 178 valence electrons. The van der Waals surface area contributed by atoms with Crippen molar-refractivity contribution in [3.63, 3.8) is 0 Å². The molecule has 0 bridgehead atoms. The van der Waals surface area contributed by atoms with Gasteiger partial charge in [0.15, 0.2) is 5.96 Å². The molecule has 2 aliphatic heterocycles. The van der Waals surface area contributed by atoms with Crippen LogP contribution in [0.5, 0.6) is 0 Å². The number of fused-ring (bicyclic) bond motifs is 1. The number of unbranched alkanes of at least 4 members (excludes halogenated alkanes) is 1. The Morgan fingerprint density at radius 3 is 2.58 bits per heavy atom. The van der Waals surface area contributed by atoms with Gasteiger partial charge in [0.25, 0.3) is 11.8 Å². The summed E-state index contributed by atoms with van der Waals surface area (Å²) in [5, 5.41) is 7.61. The Morgan fingerprint density at radius 2 is 1.94 bits per heavy atom. The zero-order valence-corrected chi connectivity index (χ0v) is 21.4. The summed E-state index contributed by atoms with van der Waals surface area (Å²) in [6.07, 6.45) is 5.30. The molecule has 1 fully saturated rings. The number of morpholine rings is 1. The average Bonchev–Trinajstić information content (AvgIpc) is 3.35. The second-order valence-corrected chi connectivity index (χ2v) is 8.00. The van der Waals surface area contributed by atoms with Crippen LogP contribution in [0.1, 0.15) is 52.1 Å². The fourth-order valence-corrected chi connectivity index (χ4v) is 4.08. The number of amides is 2. The van der Waals surface area contributed by atoms with Gasteiger partial charge in [-0.3, -0.25) is 24.2 Å². The summed E-state index contributed by atoms with van der Waals surface area (Å²) in [4.78, 5) is 33.3. The Labute approximate surface area is 211 Å². The first-order chi connectivity index (χ1) is 15.6. The highest BCUT2D eigenvalue weighted by Gasteiger charge is 2.34. The Kier molecular flexibility index (Phi) is 8.84. The van der Waals surface area contributed by atoms with E-state index in [1.165, 1.54) is 4.90 Å². The number of imide groups is 1. The first-order valence-corrected chi connectivity index (χ1v) is 11.2. The molecule has 10 heteroatoms. The van der Waals surface area contributed by atoms with E-state index in [4.69, 9.17) is 9.73 Å². The van der Waals surface area contributed by atoms with E-state index >= 15 is 0 Å². The van der Waals surface area contributed by atoms with Gasteiger partial charge in [0.1, 0.15) is 6.10 Å². The van der Waals surface area contributed by atoms with E-state index < -0.39 is 0 Å². The Bertz CT molecular complexity index is 973. The maximum atomic E-state index is 12.5. The standard InChI is InChI=1S/C23H30N6O3.HI/c1-3-24-23(28-12-13-32-20(16-28)17-14-26-27(2)15-17)25-10-6-7-11-29-21(30)18-8-4-5-9-19(18)22(29)31;/h4-5,8-9,14-15,20H,3,6-7,10-13,16H2,1-2H3,(H,24,25);1H. The number of rotatable bonds is 7. The van der Waals surface area contributed by atoms with E-state index in [2.05, 4.69) is 22.2 Å².